The van der Waals surface area contributed by atoms with Crippen molar-refractivity contribution in [3.63, 3.8) is 0 Å². The number of nitrogen functional groups attached to an aromatic ring is 1. The first-order chi connectivity index (χ1) is 8.06. The van der Waals surface area contributed by atoms with Crippen molar-refractivity contribution in [1.29, 1.82) is 0 Å². The van der Waals surface area contributed by atoms with Crippen LogP contribution in [-0.4, -0.2) is 30.4 Å². The maximum absolute atomic E-state index is 12.9. The number of halogens is 1. The minimum atomic E-state index is -0.344. The van der Waals surface area contributed by atoms with Crippen molar-refractivity contribution in [1.82, 2.24) is 4.90 Å². The van der Waals surface area contributed by atoms with Gasteiger partial charge in [0.1, 0.15) is 5.82 Å². The average Bonchev–Trinajstić information content (AvgIpc) is 2.27. The van der Waals surface area contributed by atoms with Gasteiger partial charge in [-0.15, -0.1) is 0 Å². The van der Waals surface area contributed by atoms with Gasteiger partial charge in [0.2, 0.25) is 5.91 Å². The molecule has 1 unspecified atom stereocenters. The van der Waals surface area contributed by atoms with Crippen LogP contribution in [0.15, 0.2) is 18.2 Å². The molecule has 1 aromatic rings. The molecule has 17 heavy (non-hydrogen) atoms. The van der Waals surface area contributed by atoms with Crippen molar-refractivity contribution in [2.24, 2.45) is 0 Å². The van der Waals surface area contributed by atoms with Crippen LogP contribution in [0.1, 0.15) is 12.8 Å². The number of hydrogen-bond donors (Lipinski definition) is 2. The molecule has 92 valence electrons. The highest BCUT2D eigenvalue weighted by molar-refractivity contribution is 5.77. The molecule has 0 radical (unpaired) electrons. The lowest BCUT2D eigenvalue weighted by Crippen LogP contribution is -2.43. The van der Waals surface area contributed by atoms with Crippen molar-refractivity contribution >= 4 is 17.3 Å². The Labute approximate surface area is 99.6 Å². The standard InChI is InChI=1S/C12H16FN3O/c1-16-7-9(3-5-12(16)17)15-11-4-2-8(13)6-10(11)14/h2,4,6,9,15H,3,5,7,14H2,1H3. The van der Waals surface area contributed by atoms with E-state index in [9.17, 15) is 9.18 Å². The summed E-state index contributed by atoms with van der Waals surface area (Å²) in [5.74, 6) is -0.181. The van der Waals surface area contributed by atoms with Crippen LogP contribution >= 0.6 is 0 Å². The summed E-state index contributed by atoms with van der Waals surface area (Å²) in [4.78, 5) is 13.0. The monoisotopic (exact) mass is 237 g/mol. The van der Waals surface area contributed by atoms with Gasteiger partial charge in [0.15, 0.2) is 0 Å². The quantitative estimate of drug-likeness (QED) is 0.765. The fraction of sp³-hybridized carbons (Fsp3) is 0.417. The minimum Gasteiger partial charge on any atom is -0.397 e. The first kappa shape index (κ1) is 11.7. The van der Waals surface area contributed by atoms with Crippen molar-refractivity contribution in [2.75, 3.05) is 24.6 Å². The first-order valence-corrected chi connectivity index (χ1v) is 5.62. The third-order valence-electron chi connectivity index (χ3n) is 3.00. The molecule has 1 aliphatic heterocycles. The molecule has 5 heteroatoms. The van der Waals surface area contributed by atoms with Gasteiger partial charge < -0.3 is 16.0 Å². The molecule has 1 aliphatic rings. The molecule has 0 bridgehead atoms. The van der Waals surface area contributed by atoms with Crippen LogP contribution in [0.25, 0.3) is 0 Å². The third-order valence-corrected chi connectivity index (χ3v) is 3.00. The Bertz CT molecular complexity index is 436. The molecule has 4 nitrogen and oxygen atoms in total. The number of nitrogens with zero attached hydrogens (tertiary/aromatic N) is 1. The van der Waals surface area contributed by atoms with Crippen LogP contribution in [0.2, 0.25) is 0 Å². The van der Waals surface area contributed by atoms with Crippen molar-refractivity contribution < 1.29 is 9.18 Å². The summed E-state index contributed by atoms with van der Waals surface area (Å²) in [6.07, 6.45) is 1.31. The lowest BCUT2D eigenvalue weighted by Gasteiger charge is -2.31. The number of nitrogens with two attached hydrogens (primary N) is 1. The Hall–Kier alpha value is -1.78. The summed E-state index contributed by atoms with van der Waals surface area (Å²) < 4.78 is 12.9. The molecule has 2 rings (SSSR count). The number of rotatable bonds is 2. The number of nitrogens with one attached hydrogen (secondary N) is 1. The highest BCUT2D eigenvalue weighted by atomic mass is 19.1. The Morgan fingerprint density at radius 2 is 2.29 bits per heavy atom. The highest BCUT2D eigenvalue weighted by Gasteiger charge is 2.22. The third kappa shape index (κ3) is 2.67. The zero-order valence-corrected chi connectivity index (χ0v) is 9.74. The molecule has 0 saturated carbocycles. The summed E-state index contributed by atoms with van der Waals surface area (Å²) in [5, 5.41) is 3.24. The molecule has 0 aliphatic carbocycles. The summed E-state index contributed by atoms with van der Waals surface area (Å²) in [6.45, 7) is 0.648. The summed E-state index contributed by atoms with van der Waals surface area (Å²) in [6, 6.07) is 4.46. The van der Waals surface area contributed by atoms with Crippen molar-refractivity contribution in [2.45, 2.75) is 18.9 Å². The molecule has 0 aromatic heterocycles. The number of benzene rings is 1. The average molecular weight is 237 g/mol. The van der Waals surface area contributed by atoms with Gasteiger partial charge in [0.05, 0.1) is 11.4 Å². The number of piperidine rings is 1. The summed E-state index contributed by atoms with van der Waals surface area (Å²) in [5.41, 5.74) is 6.83. The molecule has 1 fully saturated rings. The number of carbonyl (C=O) groups is 1. The van der Waals surface area contributed by atoms with Crippen molar-refractivity contribution in [3.8, 4) is 0 Å². The van der Waals surface area contributed by atoms with E-state index >= 15 is 0 Å². The van der Waals surface area contributed by atoms with E-state index in [4.69, 9.17) is 5.73 Å². The fourth-order valence-corrected chi connectivity index (χ4v) is 2.02. The second-order valence-electron chi connectivity index (χ2n) is 4.39. The van der Waals surface area contributed by atoms with Gasteiger partial charge in [-0.1, -0.05) is 0 Å². The first-order valence-electron chi connectivity index (χ1n) is 5.62. The van der Waals surface area contributed by atoms with E-state index in [1.165, 1.54) is 12.1 Å². The van der Waals surface area contributed by atoms with Gasteiger partial charge in [-0.05, 0) is 24.6 Å². The molecule has 0 spiro atoms. The lowest BCUT2D eigenvalue weighted by atomic mass is 10.1. The van der Waals surface area contributed by atoms with E-state index in [0.29, 0.717) is 18.7 Å². The molecule has 1 atom stereocenters. The predicted molar refractivity (Wildman–Crippen MR) is 65.1 cm³/mol. The number of carbonyl (C=O) groups excluding carboxylic acids is 1. The van der Waals surface area contributed by atoms with Gasteiger partial charge in [-0.25, -0.2) is 4.39 Å². The maximum Gasteiger partial charge on any atom is 0.222 e. The molecular weight excluding hydrogens is 221 g/mol. The van der Waals surface area contributed by atoms with Gasteiger partial charge in [-0.2, -0.15) is 0 Å². The molecule has 1 aromatic carbocycles. The Balaban J connectivity index is 2.03. The topological polar surface area (TPSA) is 58.4 Å². The van der Waals surface area contributed by atoms with E-state index in [2.05, 4.69) is 5.32 Å². The number of hydrogen-bond acceptors (Lipinski definition) is 3. The molecule has 1 amide bonds. The van der Waals surface area contributed by atoms with Crippen LogP contribution in [0.5, 0.6) is 0 Å². The van der Waals surface area contributed by atoms with Gasteiger partial charge in [0.25, 0.3) is 0 Å². The Morgan fingerprint density at radius 1 is 1.53 bits per heavy atom. The van der Waals surface area contributed by atoms with Crippen LogP contribution in [-0.2, 0) is 4.79 Å². The van der Waals surface area contributed by atoms with E-state index in [1.807, 2.05) is 0 Å². The summed E-state index contributed by atoms with van der Waals surface area (Å²) >= 11 is 0. The second-order valence-corrected chi connectivity index (χ2v) is 4.39. The molecule has 1 saturated heterocycles. The number of likely N-dealkylation sites (N-methyl/N-ethyl adjacent to an activating group) is 1. The highest BCUT2D eigenvalue weighted by Crippen LogP contribution is 2.22. The predicted octanol–water partition coefficient (Wildman–Crippen LogP) is 1.44. The van der Waals surface area contributed by atoms with E-state index < -0.39 is 0 Å². The Kier molecular flexibility index (Phi) is 3.17. The van der Waals surface area contributed by atoms with Crippen LogP contribution < -0.4 is 11.1 Å². The second kappa shape index (κ2) is 4.61. The minimum absolute atomic E-state index is 0.162. The number of amides is 1. The van der Waals surface area contributed by atoms with Crippen LogP contribution in [0, 0.1) is 5.82 Å². The number of likely N-dealkylation sites (tertiary alicyclic amines) is 1. The van der Waals surface area contributed by atoms with Crippen LogP contribution in [0.3, 0.4) is 0 Å². The zero-order chi connectivity index (χ0) is 12.4. The van der Waals surface area contributed by atoms with Crippen LogP contribution in [0.4, 0.5) is 15.8 Å². The normalized spacial score (nSPS) is 20.5. The molecular formula is C12H16FN3O. The SMILES string of the molecule is CN1CC(Nc2ccc(F)cc2N)CCC1=O. The van der Waals surface area contributed by atoms with E-state index in [-0.39, 0.29) is 17.8 Å². The fourth-order valence-electron chi connectivity index (χ4n) is 2.02. The van der Waals surface area contributed by atoms with Crippen molar-refractivity contribution in [3.05, 3.63) is 24.0 Å². The van der Waals surface area contributed by atoms with Gasteiger partial charge >= 0.3 is 0 Å². The summed E-state index contributed by atoms with van der Waals surface area (Å²) in [7, 11) is 1.78. The van der Waals surface area contributed by atoms with E-state index in [0.717, 1.165) is 12.1 Å². The Morgan fingerprint density at radius 3 is 2.94 bits per heavy atom. The van der Waals surface area contributed by atoms with Gasteiger partial charge in [-0.3, -0.25) is 4.79 Å². The van der Waals surface area contributed by atoms with Gasteiger partial charge in [0, 0.05) is 26.1 Å². The maximum atomic E-state index is 12.9. The zero-order valence-electron chi connectivity index (χ0n) is 9.74. The van der Waals surface area contributed by atoms with E-state index in [1.54, 1.807) is 18.0 Å². The lowest BCUT2D eigenvalue weighted by molar-refractivity contribution is -0.132. The number of anilines is 2. The molecule has 3 N–H and O–H groups in total. The largest absolute Gasteiger partial charge is 0.397 e. The molecule has 1 heterocycles. The smallest absolute Gasteiger partial charge is 0.222 e.